The molecule has 0 aromatic carbocycles. The number of rotatable bonds is 5. The molecule has 0 radical (unpaired) electrons. The lowest BCUT2D eigenvalue weighted by Crippen LogP contribution is -2.37. The summed E-state index contributed by atoms with van der Waals surface area (Å²) in [5, 5.41) is 3.17. The minimum Gasteiger partial charge on any atom is -0.353 e. The molecule has 1 N–H and O–H groups in total. The molecule has 0 saturated heterocycles. The molecule has 0 aliphatic heterocycles. The second-order valence-corrected chi connectivity index (χ2v) is 5.44. The van der Waals surface area contributed by atoms with Gasteiger partial charge in [-0.2, -0.15) is 0 Å². The zero-order valence-electron chi connectivity index (χ0n) is 11.1. The summed E-state index contributed by atoms with van der Waals surface area (Å²) in [7, 11) is 0. The molecule has 4 heteroatoms. The van der Waals surface area contributed by atoms with Crippen LogP contribution in [0.3, 0.4) is 0 Å². The van der Waals surface area contributed by atoms with Gasteiger partial charge in [0.2, 0.25) is 5.91 Å². The molecule has 4 nitrogen and oxygen atoms in total. The highest BCUT2D eigenvalue weighted by Gasteiger charge is 2.19. The van der Waals surface area contributed by atoms with E-state index in [2.05, 4.69) is 17.2 Å². The Morgan fingerprint density at radius 2 is 2.39 bits per heavy atom. The molecule has 1 fully saturated rings. The van der Waals surface area contributed by atoms with Crippen molar-refractivity contribution in [3.63, 3.8) is 0 Å². The fourth-order valence-corrected chi connectivity index (χ4v) is 2.71. The summed E-state index contributed by atoms with van der Waals surface area (Å²) in [5.41, 5.74) is 0. The Bertz CT molecular complexity index is 361. The third-order valence-electron chi connectivity index (χ3n) is 3.68. The number of amides is 1. The maximum absolute atomic E-state index is 11.8. The van der Waals surface area contributed by atoms with Crippen LogP contribution in [0.25, 0.3) is 0 Å². The summed E-state index contributed by atoms with van der Waals surface area (Å²) in [6.45, 7) is 3.14. The zero-order valence-corrected chi connectivity index (χ0v) is 11.1. The highest BCUT2D eigenvalue weighted by atomic mass is 16.1. The Balaban J connectivity index is 1.62. The van der Waals surface area contributed by atoms with Crippen LogP contribution in [0.15, 0.2) is 18.7 Å². The Morgan fingerprint density at radius 3 is 3.11 bits per heavy atom. The minimum atomic E-state index is 0.203. The summed E-state index contributed by atoms with van der Waals surface area (Å²) in [6, 6.07) is 0.412. The van der Waals surface area contributed by atoms with Crippen molar-refractivity contribution in [3.05, 3.63) is 18.7 Å². The first-order chi connectivity index (χ1) is 8.74. The van der Waals surface area contributed by atoms with Crippen LogP contribution in [0.4, 0.5) is 0 Å². The third kappa shape index (κ3) is 4.17. The molecule has 100 valence electrons. The van der Waals surface area contributed by atoms with Crippen LogP contribution < -0.4 is 5.32 Å². The van der Waals surface area contributed by atoms with E-state index in [1.54, 1.807) is 12.5 Å². The number of nitrogens with one attached hydrogen (secondary N) is 1. The monoisotopic (exact) mass is 249 g/mol. The molecular weight excluding hydrogens is 226 g/mol. The normalized spacial score (nSPS) is 23.8. The van der Waals surface area contributed by atoms with Crippen molar-refractivity contribution in [2.75, 3.05) is 0 Å². The summed E-state index contributed by atoms with van der Waals surface area (Å²) >= 11 is 0. The van der Waals surface area contributed by atoms with E-state index in [9.17, 15) is 4.79 Å². The van der Waals surface area contributed by atoms with E-state index in [4.69, 9.17) is 0 Å². The smallest absolute Gasteiger partial charge is 0.220 e. The van der Waals surface area contributed by atoms with Gasteiger partial charge in [-0.3, -0.25) is 4.79 Å². The van der Waals surface area contributed by atoms with Gasteiger partial charge in [0, 0.05) is 31.4 Å². The topological polar surface area (TPSA) is 46.9 Å². The van der Waals surface area contributed by atoms with Crippen LogP contribution in [0, 0.1) is 5.92 Å². The van der Waals surface area contributed by atoms with E-state index >= 15 is 0 Å². The Kier molecular flexibility index (Phi) is 4.79. The molecule has 2 unspecified atom stereocenters. The molecule has 1 amide bonds. The fourth-order valence-electron chi connectivity index (χ4n) is 2.71. The van der Waals surface area contributed by atoms with E-state index < -0.39 is 0 Å². The number of hydrogen-bond acceptors (Lipinski definition) is 2. The van der Waals surface area contributed by atoms with Crippen molar-refractivity contribution in [2.24, 2.45) is 5.92 Å². The molecule has 2 atom stereocenters. The minimum absolute atomic E-state index is 0.203. The lowest BCUT2D eigenvalue weighted by Gasteiger charge is -2.27. The molecule has 1 aromatic heterocycles. The molecule has 1 aromatic rings. The maximum atomic E-state index is 11.8. The second-order valence-electron chi connectivity index (χ2n) is 5.44. The Labute approximate surface area is 109 Å². The molecule has 0 bridgehead atoms. The second kappa shape index (κ2) is 6.57. The van der Waals surface area contributed by atoms with E-state index in [1.165, 1.54) is 12.8 Å². The first-order valence-electron chi connectivity index (χ1n) is 6.99. The summed E-state index contributed by atoms with van der Waals surface area (Å²) < 4.78 is 2.01. The predicted molar refractivity (Wildman–Crippen MR) is 71.0 cm³/mol. The van der Waals surface area contributed by atoms with E-state index in [-0.39, 0.29) is 5.91 Å². The van der Waals surface area contributed by atoms with Gasteiger partial charge in [0.25, 0.3) is 0 Å². The molecular formula is C14H23N3O. The van der Waals surface area contributed by atoms with Gasteiger partial charge in [-0.1, -0.05) is 19.8 Å². The number of imidazole rings is 1. The molecule has 1 heterocycles. The highest BCUT2D eigenvalue weighted by molar-refractivity contribution is 5.76. The van der Waals surface area contributed by atoms with Crippen LogP contribution >= 0.6 is 0 Å². The zero-order chi connectivity index (χ0) is 12.8. The average Bonchev–Trinajstić information content (AvgIpc) is 2.82. The lowest BCUT2D eigenvalue weighted by atomic mass is 9.87. The number of hydrogen-bond donors (Lipinski definition) is 1. The molecule has 18 heavy (non-hydrogen) atoms. The largest absolute Gasteiger partial charge is 0.353 e. The van der Waals surface area contributed by atoms with Crippen LogP contribution in [-0.4, -0.2) is 21.5 Å². The van der Waals surface area contributed by atoms with E-state index in [0.717, 1.165) is 31.7 Å². The Morgan fingerprint density at radius 1 is 1.50 bits per heavy atom. The van der Waals surface area contributed by atoms with Gasteiger partial charge in [-0.25, -0.2) is 4.98 Å². The summed E-state index contributed by atoms with van der Waals surface area (Å²) in [4.78, 5) is 15.8. The van der Waals surface area contributed by atoms with Crippen LogP contribution in [0.2, 0.25) is 0 Å². The van der Waals surface area contributed by atoms with Crippen LogP contribution in [-0.2, 0) is 11.3 Å². The van der Waals surface area contributed by atoms with Crippen molar-refractivity contribution < 1.29 is 4.79 Å². The van der Waals surface area contributed by atoms with Gasteiger partial charge >= 0.3 is 0 Å². The molecule has 0 spiro atoms. The number of carbonyl (C=O) groups excluding carboxylic acids is 1. The van der Waals surface area contributed by atoms with Crippen LogP contribution in [0.5, 0.6) is 0 Å². The number of aromatic nitrogens is 2. The van der Waals surface area contributed by atoms with Crippen LogP contribution in [0.1, 0.15) is 45.4 Å². The number of aryl methyl sites for hydroxylation is 1. The molecule has 1 saturated carbocycles. The summed E-state index contributed by atoms with van der Waals surface area (Å²) in [6.07, 6.45) is 11.8. The van der Waals surface area contributed by atoms with Gasteiger partial charge in [0.05, 0.1) is 6.33 Å². The van der Waals surface area contributed by atoms with Gasteiger partial charge in [-0.05, 0) is 25.2 Å². The van der Waals surface area contributed by atoms with Crippen molar-refractivity contribution in [1.82, 2.24) is 14.9 Å². The number of carbonyl (C=O) groups is 1. The fraction of sp³-hybridized carbons (Fsp3) is 0.714. The predicted octanol–water partition coefficient (Wildman–Crippen LogP) is 2.36. The van der Waals surface area contributed by atoms with E-state index in [1.807, 2.05) is 10.8 Å². The molecule has 1 aliphatic rings. The van der Waals surface area contributed by atoms with Gasteiger partial charge < -0.3 is 9.88 Å². The van der Waals surface area contributed by atoms with Crippen molar-refractivity contribution in [3.8, 4) is 0 Å². The third-order valence-corrected chi connectivity index (χ3v) is 3.68. The SMILES string of the molecule is CC1CCCC(NC(=O)CCCn2ccnc2)C1. The first kappa shape index (κ1) is 13.1. The lowest BCUT2D eigenvalue weighted by molar-refractivity contribution is -0.122. The quantitative estimate of drug-likeness (QED) is 0.870. The molecule has 2 rings (SSSR count). The van der Waals surface area contributed by atoms with Gasteiger partial charge in [0.15, 0.2) is 0 Å². The van der Waals surface area contributed by atoms with E-state index in [0.29, 0.717) is 12.5 Å². The van der Waals surface area contributed by atoms with Crippen molar-refractivity contribution >= 4 is 5.91 Å². The summed E-state index contributed by atoms with van der Waals surface area (Å²) in [5.74, 6) is 0.962. The van der Waals surface area contributed by atoms with Crippen molar-refractivity contribution in [1.29, 1.82) is 0 Å². The molecule has 1 aliphatic carbocycles. The standard InChI is InChI=1S/C14H23N3O/c1-12-4-2-5-13(10-12)16-14(18)6-3-8-17-9-7-15-11-17/h7,9,11-13H,2-6,8,10H2,1H3,(H,16,18). The number of nitrogens with zero attached hydrogens (tertiary/aromatic N) is 2. The van der Waals surface area contributed by atoms with Gasteiger partial charge in [-0.15, -0.1) is 0 Å². The highest BCUT2D eigenvalue weighted by Crippen LogP contribution is 2.23. The van der Waals surface area contributed by atoms with Crippen molar-refractivity contribution in [2.45, 2.75) is 58.0 Å². The average molecular weight is 249 g/mol. The first-order valence-corrected chi connectivity index (χ1v) is 6.99. The van der Waals surface area contributed by atoms with Gasteiger partial charge in [0.1, 0.15) is 0 Å². The maximum Gasteiger partial charge on any atom is 0.220 e. The Hall–Kier alpha value is -1.32.